The van der Waals surface area contributed by atoms with Crippen molar-refractivity contribution in [1.82, 2.24) is 4.90 Å². The van der Waals surface area contributed by atoms with Crippen LogP contribution in [0.2, 0.25) is 0 Å². The molecule has 2 fully saturated rings. The molecule has 1 aromatic rings. The van der Waals surface area contributed by atoms with E-state index in [0.29, 0.717) is 0 Å². The first-order valence-electron chi connectivity index (χ1n) is 10.1. The van der Waals surface area contributed by atoms with Crippen LogP contribution in [0.25, 0.3) is 0 Å². The van der Waals surface area contributed by atoms with Crippen LogP contribution in [-0.4, -0.2) is 66.1 Å². The number of methoxy groups -OCH3 is 1. The highest BCUT2D eigenvalue weighted by molar-refractivity contribution is 5.70. The van der Waals surface area contributed by atoms with Crippen molar-refractivity contribution in [2.24, 2.45) is 5.41 Å². The third-order valence-corrected chi connectivity index (χ3v) is 8.13. The maximum absolute atomic E-state index is 11.8. The van der Waals surface area contributed by atoms with Crippen LogP contribution in [0.1, 0.15) is 32.3 Å². The Kier molecular flexibility index (Phi) is 3.43. The quantitative estimate of drug-likeness (QED) is 0.779. The molecule has 4 aliphatic rings. The summed E-state index contributed by atoms with van der Waals surface area (Å²) in [5.41, 5.74) is 0.570. The Morgan fingerprint density at radius 2 is 2.07 bits per heavy atom. The van der Waals surface area contributed by atoms with Gasteiger partial charge in [0.1, 0.15) is 11.4 Å². The van der Waals surface area contributed by atoms with Gasteiger partial charge in [-0.05, 0) is 37.9 Å². The molecule has 2 N–H and O–H groups in total. The standard InChI is InChI=1S/C22H30N2O3/c1-5-21-9-6-11-24-12-10-22(18(21)24)15-8-7-14(27-4)13-16(15)23(3)17(22)20(2,26)19(21)25/h6-9,13,17-19,25-26H,5,10-12H2,1-4H3/t17?,18?,19?,20-,21+,22?/m0/s1. The van der Waals surface area contributed by atoms with Crippen molar-refractivity contribution in [3.63, 3.8) is 0 Å². The molecule has 4 unspecified atom stereocenters. The smallest absolute Gasteiger partial charge is 0.120 e. The minimum absolute atomic E-state index is 0.164. The molecule has 6 atom stereocenters. The fourth-order valence-corrected chi connectivity index (χ4v) is 7.31. The van der Waals surface area contributed by atoms with E-state index >= 15 is 0 Å². The van der Waals surface area contributed by atoms with Crippen molar-refractivity contribution >= 4 is 5.69 Å². The summed E-state index contributed by atoms with van der Waals surface area (Å²) < 4.78 is 5.48. The zero-order chi connectivity index (χ0) is 19.2. The summed E-state index contributed by atoms with van der Waals surface area (Å²) in [6.07, 6.45) is 5.39. The van der Waals surface area contributed by atoms with Crippen LogP contribution in [0.4, 0.5) is 5.69 Å². The second-order valence-corrected chi connectivity index (χ2v) is 9.08. The first-order chi connectivity index (χ1) is 12.8. The van der Waals surface area contributed by atoms with Gasteiger partial charge in [-0.2, -0.15) is 0 Å². The number of benzene rings is 1. The number of aliphatic hydroxyl groups is 2. The van der Waals surface area contributed by atoms with E-state index in [4.69, 9.17) is 4.74 Å². The molecule has 0 amide bonds. The lowest BCUT2D eigenvalue weighted by Crippen LogP contribution is -2.77. The molecule has 3 aliphatic heterocycles. The predicted octanol–water partition coefficient (Wildman–Crippen LogP) is 1.92. The van der Waals surface area contributed by atoms with Gasteiger partial charge in [0.15, 0.2) is 0 Å². The van der Waals surface area contributed by atoms with Crippen molar-refractivity contribution < 1.29 is 14.9 Å². The third kappa shape index (κ3) is 1.77. The Bertz CT molecular complexity index is 822. The first-order valence-corrected chi connectivity index (χ1v) is 10.1. The molecule has 1 aliphatic carbocycles. The van der Waals surface area contributed by atoms with Gasteiger partial charge in [0, 0.05) is 42.2 Å². The fraction of sp³-hybridized carbons (Fsp3) is 0.636. The van der Waals surface area contributed by atoms with E-state index in [0.717, 1.165) is 37.4 Å². The number of ether oxygens (including phenoxy) is 1. The van der Waals surface area contributed by atoms with Crippen molar-refractivity contribution in [2.75, 3.05) is 32.1 Å². The summed E-state index contributed by atoms with van der Waals surface area (Å²) in [5, 5.41) is 23.3. The van der Waals surface area contributed by atoms with E-state index in [1.807, 2.05) is 13.0 Å². The number of nitrogens with zero attached hydrogens (tertiary/aromatic N) is 2. The second kappa shape index (κ2) is 5.28. The lowest BCUT2D eigenvalue weighted by Gasteiger charge is -2.63. The SMILES string of the molecule is CC[C@]12C=CCN3CCC4(c5ccc(OC)cc5N(C)C4[C@](C)(O)C1O)C32. The zero-order valence-corrected chi connectivity index (χ0v) is 16.6. The molecule has 27 heavy (non-hydrogen) atoms. The topological polar surface area (TPSA) is 56.2 Å². The highest BCUT2D eigenvalue weighted by atomic mass is 16.5. The van der Waals surface area contributed by atoms with Gasteiger partial charge in [-0.1, -0.05) is 25.1 Å². The molecule has 5 nitrogen and oxygen atoms in total. The van der Waals surface area contributed by atoms with Crippen LogP contribution in [0.15, 0.2) is 30.4 Å². The van der Waals surface area contributed by atoms with E-state index < -0.39 is 17.1 Å². The lowest BCUT2D eigenvalue weighted by molar-refractivity contribution is -0.190. The van der Waals surface area contributed by atoms with Gasteiger partial charge in [-0.3, -0.25) is 4.90 Å². The molecular formula is C22H30N2O3. The van der Waals surface area contributed by atoms with Gasteiger partial charge in [0.2, 0.25) is 0 Å². The maximum Gasteiger partial charge on any atom is 0.120 e. The summed E-state index contributed by atoms with van der Waals surface area (Å²) >= 11 is 0. The van der Waals surface area contributed by atoms with Crippen LogP contribution in [-0.2, 0) is 5.41 Å². The molecule has 3 heterocycles. The molecule has 5 heteroatoms. The molecule has 1 saturated heterocycles. The van der Waals surface area contributed by atoms with Crippen molar-refractivity contribution in [3.05, 3.63) is 35.9 Å². The predicted molar refractivity (Wildman–Crippen MR) is 105 cm³/mol. The van der Waals surface area contributed by atoms with Crippen LogP contribution in [0.3, 0.4) is 0 Å². The van der Waals surface area contributed by atoms with E-state index in [2.05, 4.69) is 48.1 Å². The van der Waals surface area contributed by atoms with Crippen LogP contribution >= 0.6 is 0 Å². The number of fused-ring (bicyclic) bond motifs is 1. The summed E-state index contributed by atoms with van der Waals surface area (Å²) in [5.74, 6) is 0.830. The second-order valence-electron chi connectivity index (χ2n) is 9.08. The zero-order valence-electron chi connectivity index (χ0n) is 16.6. The summed E-state index contributed by atoms with van der Waals surface area (Å²) in [6.45, 7) is 5.90. The van der Waals surface area contributed by atoms with Gasteiger partial charge >= 0.3 is 0 Å². The molecule has 5 rings (SSSR count). The van der Waals surface area contributed by atoms with E-state index in [1.165, 1.54) is 5.56 Å². The normalized spacial score (nSPS) is 44.8. The number of rotatable bonds is 2. The number of hydrogen-bond acceptors (Lipinski definition) is 5. The minimum atomic E-state index is -1.22. The van der Waals surface area contributed by atoms with Crippen LogP contribution in [0, 0.1) is 5.41 Å². The Balaban J connectivity index is 1.82. The monoisotopic (exact) mass is 370 g/mol. The fourth-order valence-electron chi connectivity index (χ4n) is 7.31. The molecule has 1 aromatic carbocycles. The first kappa shape index (κ1) is 17.5. The lowest BCUT2D eigenvalue weighted by atomic mass is 9.48. The minimum Gasteiger partial charge on any atom is -0.497 e. The third-order valence-electron chi connectivity index (χ3n) is 8.13. The maximum atomic E-state index is 11.8. The average Bonchev–Trinajstić information content (AvgIpc) is 3.18. The number of anilines is 1. The molecule has 146 valence electrons. The van der Waals surface area contributed by atoms with Crippen molar-refractivity contribution in [3.8, 4) is 5.75 Å². The summed E-state index contributed by atoms with van der Waals surface area (Å²) in [4.78, 5) is 4.73. The van der Waals surface area contributed by atoms with Gasteiger partial charge in [-0.15, -0.1) is 0 Å². The molecule has 1 saturated carbocycles. The Morgan fingerprint density at radius 1 is 1.30 bits per heavy atom. The number of likely N-dealkylation sites (N-methyl/N-ethyl adjacent to an activating group) is 1. The van der Waals surface area contributed by atoms with E-state index in [1.54, 1.807) is 7.11 Å². The van der Waals surface area contributed by atoms with E-state index in [-0.39, 0.29) is 17.5 Å². The Morgan fingerprint density at radius 3 is 2.78 bits per heavy atom. The largest absolute Gasteiger partial charge is 0.497 e. The summed E-state index contributed by atoms with van der Waals surface area (Å²) in [6, 6.07) is 6.35. The molecule has 0 bridgehead atoms. The Hall–Kier alpha value is -1.56. The van der Waals surface area contributed by atoms with Crippen LogP contribution in [0.5, 0.6) is 5.75 Å². The van der Waals surface area contributed by atoms with Gasteiger partial charge < -0.3 is 19.8 Å². The van der Waals surface area contributed by atoms with Gasteiger partial charge in [-0.25, -0.2) is 0 Å². The van der Waals surface area contributed by atoms with Crippen molar-refractivity contribution in [2.45, 2.75) is 55.9 Å². The molecular weight excluding hydrogens is 340 g/mol. The van der Waals surface area contributed by atoms with Crippen molar-refractivity contribution in [1.29, 1.82) is 0 Å². The Labute approximate surface area is 161 Å². The molecule has 0 aromatic heterocycles. The number of aliphatic hydroxyl groups excluding tert-OH is 1. The highest BCUT2D eigenvalue weighted by Gasteiger charge is 2.75. The average molecular weight is 370 g/mol. The molecule has 0 radical (unpaired) electrons. The molecule has 1 spiro atoms. The highest BCUT2D eigenvalue weighted by Crippen LogP contribution is 2.66. The summed E-state index contributed by atoms with van der Waals surface area (Å²) in [7, 11) is 3.74. The number of hydrogen-bond donors (Lipinski definition) is 2. The van der Waals surface area contributed by atoms with Gasteiger partial charge in [0.25, 0.3) is 0 Å². The van der Waals surface area contributed by atoms with Crippen LogP contribution < -0.4 is 9.64 Å². The van der Waals surface area contributed by atoms with Gasteiger partial charge in [0.05, 0.1) is 19.3 Å². The van der Waals surface area contributed by atoms with E-state index in [9.17, 15) is 10.2 Å².